The summed E-state index contributed by atoms with van der Waals surface area (Å²) in [5, 5.41) is 10.6. The summed E-state index contributed by atoms with van der Waals surface area (Å²) >= 11 is 0. The van der Waals surface area contributed by atoms with Crippen molar-refractivity contribution in [3.8, 4) is 0 Å². The number of hydrogen-bond acceptors (Lipinski definition) is 3. The molecule has 2 aromatic rings. The Labute approximate surface area is 126 Å². The molecular formula is C17H26N2O2. The van der Waals surface area contributed by atoms with Crippen molar-refractivity contribution < 1.29 is 9.84 Å². The molecule has 116 valence electrons. The molecule has 1 heterocycles. The third kappa shape index (κ3) is 3.44. The molecule has 2 atom stereocenters. The smallest absolute Gasteiger partial charge is 0.112 e. The van der Waals surface area contributed by atoms with Crippen LogP contribution in [0.4, 0.5) is 0 Å². The van der Waals surface area contributed by atoms with Crippen molar-refractivity contribution in [1.29, 1.82) is 0 Å². The highest BCUT2D eigenvalue weighted by molar-refractivity contribution is 5.75. The highest BCUT2D eigenvalue weighted by Crippen LogP contribution is 2.27. The van der Waals surface area contributed by atoms with Crippen molar-refractivity contribution in [1.82, 2.24) is 9.55 Å². The van der Waals surface area contributed by atoms with Gasteiger partial charge in [0.15, 0.2) is 0 Å². The van der Waals surface area contributed by atoms with E-state index < -0.39 is 6.10 Å². The van der Waals surface area contributed by atoms with Crippen LogP contribution in [-0.2, 0) is 18.2 Å². The molecule has 0 aliphatic carbocycles. The fourth-order valence-electron chi connectivity index (χ4n) is 2.79. The highest BCUT2D eigenvalue weighted by Gasteiger charge is 2.32. The van der Waals surface area contributed by atoms with E-state index in [2.05, 4.69) is 25.8 Å². The average Bonchev–Trinajstić information content (AvgIpc) is 2.72. The van der Waals surface area contributed by atoms with Gasteiger partial charge in [0.05, 0.1) is 23.2 Å². The standard InChI is InChI=1S/C17H26N2O2/c1-6-21-16(17(2,3)4)14(20)11-15-18-12-9-7-8-10-13(12)19(15)5/h7-10,14,16,20H,6,11H2,1-5H3. The lowest BCUT2D eigenvalue weighted by atomic mass is 9.84. The van der Waals surface area contributed by atoms with Crippen LogP contribution in [0.25, 0.3) is 11.0 Å². The molecule has 4 nitrogen and oxygen atoms in total. The number of aliphatic hydroxyl groups is 1. The van der Waals surface area contributed by atoms with Crippen molar-refractivity contribution in [3.05, 3.63) is 30.1 Å². The summed E-state index contributed by atoms with van der Waals surface area (Å²) in [5.74, 6) is 0.887. The molecule has 0 saturated carbocycles. The van der Waals surface area contributed by atoms with Crippen molar-refractivity contribution >= 4 is 11.0 Å². The normalized spacial score (nSPS) is 15.3. The van der Waals surface area contributed by atoms with Gasteiger partial charge in [-0.1, -0.05) is 32.9 Å². The van der Waals surface area contributed by atoms with E-state index in [4.69, 9.17) is 4.74 Å². The van der Waals surface area contributed by atoms with Gasteiger partial charge in [0.1, 0.15) is 5.82 Å². The number of rotatable bonds is 5. The molecule has 0 saturated heterocycles. The first kappa shape index (κ1) is 16.0. The Hall–Kier alpha value is -1.39. The van der Waals surface area contributed by atoms with Crippen LogP contribution in [-0.4, -0.2) is 33.5 Å². The molecule has 1 N–H and O–H groups in total. The molecule has 21 heavy (non-hydrogen) atoms. The van der Waals surface area contributed by atoms with Crippen LogP contribution in [0.1, 0.15) is 33.5 Å². The largest absolute Gasteiger partial charge is 0.390 e. The van der Waals surface area contributed by atoms with Crippen molar-refractivity contribution in [3.63, 3.8) is 0 Å². The van der Waals surface area contributed by atoms with Gasteiger partial charge in [0.25, 0.3) is 0 Å². The summed E-state index contributed by atoms with van der Waals surface area (Å²) in [6.07, 6.45) is -0.282. The third-order valence-electron chi connectivity index (χ3n) is 3.82. The van der Waals surface area contributed by atoms with E-state index in [9.17, 15) is 5.11 Å². The Bertz CT molecular complexity index is 598. The van der Waals surface area contributed by atoms with Gasteiger partial charge in [-0.15, -0.1) is 0 Å². The average molecular weight is 290 g/mol. The van der Waals surface area contributed by atoms with E-state index in [1.807, 2.05) is 42.8 Å². The maximum absolute atomic E-state index is 10.6. The first-order valence-electron chi connectivity index (χ1n) is 7.54. The predicted octanol–water partition coefficient (Wildman–Crippen LogP) is 2.93. The zero-order valence-electron chi connectivity index (χ0n) is 13.6. The van der Waals surface area contributed by atoms with Gasteiger partial charge < -0.3 is 14.4 Å². The Morgan fingerprint density at radius 2 is 1.95 bits per heavy atom. The van der Waals surface area contributed by atoms with Crippen LogP contribution in [0.15, 0.2) is 24.3 Å². The van der Waals surface area contributed by atoms with E-state index in [0.717, 1.165) is 16.9 Å². The molecule has 0 aliphatic heterocycles. The minimum Gasteiger partial charge on any atom is -0.390 e. The maximum Gasteiger partial charge on any atom is 0.112 e. The summed E-state index contributed by atoms with van der Waals surface area (Å²) in [5.41, 5.74) is 1.94. The predicted molar refractivity (Wildman–Crippen MR) is 85.3 cm³/mol. The summed E-state index contributed by atoms with van der Waals surface area (Å²) in [6.45, 7) is 8.82. The molecule has 0 bridgehead atoms. The van der Waals surface area contributed by atoms with Crippen LogP contribution in [0.3, 0.4) is 0 Å². The fourth-order valence-corrected chi connectivity index (χ4v) is 2.79. The quantitative estimate of drug-likeness (QED) is 0.921. The number of nitrogens with zero attached hydrogens (tertiary/aromatic N) is 2. The third-order valence-corrected chi connectivity index (χ3v) is 3.82. The fraction of sp³-hybridized carbons (Fsp3) is 0.588. The van der Waals surface area contributed by atoms with Gasteiger partial charge in [-0.3, -0.25) is 0 Å². The Kier molecular flexibility index (Phi) is 4.69. The molecule has 1 aromatic carbocycles. The van der Waals surface area contributed by atoms with E-state index in [1.54, 1.807) is 0 Å². The number of aliphatic hydroxyl groups excluding tert-OH is 1. The minimum atomic E-state index is -0.569. The molecule has 0 radical (unpaired) electrons. The number of aromatic nitrogens is 2. The van der Waals surface area contributed by atoms with E-state index in [1.165, 1.54) is 0 Å². The van der Waals surface area contributed by atoms with Gasteiger partial charge in [0.2, 0.25) is 0 Å². The zero-order valence-corrected chi connectivity index (χ0v) is 13.6. The second kappa shape index (κ2) is 6.16. The SMILES string of the molecule is CCOC(C(O)Cc1nc2ccccc2n1C)C(C)(C)C. The topological polar surface area (TPSA) is 47.3 Å². The Morgan fingerprint density at radius 3 is 2.52 bits per heavy atom. The second-order valence-corrected chi connectivity index (χ2v) is 6.59. The van der Waals surface area contributed by atoms with E-state index in [0.29, 0.717) is 13.0 Å². The molecule has 4 heteroatoms. The van der Waals surface area contributed by atoms with Crippen LogP contribution >= 0.6 is 0 Å². The number of para-hydroxylation sites is 2. The van der Waals surface area contributed by atoms with Crippen molar-refractivity contribution in [2.45, 2.75) is 46.3 Å². The lowest BCUT2D eigenvalue weighted by Crippen LogP contribution is -2.41. The van der Waals surface area contributed by atoms with Gasteiger partial charge in [-0.2, -0.15) is 0 Å². The van der Waals surface area contributed by atoms with Crippen LogP contribution in [0.5, 0.6) is 0 Å². The minimum absolute atomic E-state index is 0.111. The van der Waals surface area contributed by atoms with Crippen LogP contribution in [0, 0.1) is 5.41 Å². The van der Waals surface area contributed by atoms with Crippen LogP contribution in [0.2, 0.25) is 0 Å². The molecule has 0 fully saturated rings. The molecule has 1 aromatic heterocycles. The molecule has 0 aliphatic rings. The van der Waals surface area contributed by atoms with E-state index in [-0.39, 0.29) is 11.5 Å². The van der Waals surface area contributed by atoms with Crippen LogP contribution < -0.4 is 0 Å². The summed E-state index contributed by atoms with van der Waals surface area (Å²) in [4.78, 5) is 4.62. The number of ether oxygens (including phenoxy) is 1. The lowest BCUT2D eigenvalue weighted by Gasteiger charge is -2.34. The summed E-state index contributed by atoms with van der Waals surface area (Å²) in [7, 11) is 1.99. The van der Waals surface area contributed by atoms with Gasteiger partial charge >= 0.3 is 0 Å². The Morgan fingerprint density at radius 1 is 1.29 bits per heavy atom. The maximum atomic E-state index is 10.6. The number of benzene rings is 1. The number of aryl methyl sites for hydroxylation is 1. The van der Waals surface area contributed by atoms with Crippen molar-refractivity contribution in [2.24, 2.45) is 12.5 Å². The van der Waals surface area contributed by atoms with Gasteiger partial charge in [-0.05, 0) is 24.5 Å². The summed E-state index contributed by atoms with van der Waals surface area (Å²) < 4.78 is 7.81. The number of fused-ring (bicyclic) bond motifs is 1. The summed E-state index contributed by atoms with van der Waals surface area (Å²) in [6, 6.07) is 8.02. The number of imidazole rings is 1. The molecule has 2 rings (SSSR count). The van der Waals surface area contributed by atoms with Crippen molar-refractivity contribution in [2.75, 3.05) is 6.61 Å². The second-order valence-electron chi connectivity index (χ2n) is 6.59. The monoisotopic (exact) mass is 290 g/mol. The highest BCUT2D eigenvalue weighted by atomic mass is 16.5. The van der Waals surface area contributed by atoms with Gasteiger partial charge in [-0.25, -0.2) is 4.98 Å². The molecule has 2 unspecified atom stereocenters. The zero-order chi connectivity index (χ0) is 15.6. The first-order valence-corrected chi connectivity index (χ1v) is 7.54. The lowest BCUT2D eigenvalue weighted by molar-refractivity contribution is -0.0880. The molecule has 0 amide bonds. The van der Waals surface area contributed by atoms with E-state index >= 15 is 0 Å². The first-order chi connectivity index (χ1) is 9.84. The Balaban J connectivity index is 2.24. The molecular weight excluding hydrogens is 264 g/mol. The number of hydrogen-bond donors (Lipinski definition) is 1. The molecule has 0 spiro atoms. The van der Waals surface area contributed by atoms with Gasteiger partial charge in [0, 0.05) is 20.1 Å².